The third-order valence-corrected chi connectivity index (χ3v) is 6.45. The minimum absolute atomic E-state index is 0.0255. The fraction of sp³-hybridized carbons (Fsp3) is 0.524. The van der Waals surface area contributed by atoms with Crippen molar-refractivity contribution >= 4 is 29.7 Å². The Bertz CT molecular complexity index is 958. The molecule has 2 aliphatic heterocycles. The number of likely N-dealkylation sites (tertiary alicyclic amines) is 1. The Balaban J connectivity index is 1.29. The van der Waals surface area contributed by atoms with Gasteiger partial charge in [0.25, 0.3) is 0 Å². The Labute approximate surface area is 175 Å². The summed E-state index contributed by atoms with van der Waals surface area (Å²) in [5.41, 5.74) is 2.04. The summed E-state index contributed by atoms with van der Waals surface area (Å²) in [6.45, 7) is 4.32. The summed E-state index contributed by atoms with van der Waals surface area (Å²) in [5.74, 6) is 1.36. The SMILES string of the molecule is CCn1c(C2CCN(C(=O)CCC3Cc4ccccc4NC3=O)CC2)n[nH]c1=S. The van der Waals surface area contributed by atoms with Crippen LogP contribution in [0.2, 0.25) is 0 Å². The quantitative estimate of drug-likeness (QED) is 0.737. The second-order valence-electron chi connectivity index (χ2n) is 7.87. The maximum atomic E-state index is 12.7. The molecule has 8 heteroatoms. The van der Waals surface area contributed by atoms with E-state index in [4.69, 9.17) is 12.2 Å². The minimum Gasteiger partial charge on any atom is -0.343 e. The smallest absolute Gasteiger partial charge is 0.227 e. The summed E-state index contributed by atoms with van der Waals surface area (Å²) in [4.78, 5) is 27.0. The summed E-state index contributed by atoms with van der Waals surface area (Å²) in [6.07, 6.45) is 3.49. The van der Waals surface area contributed by atoms with Gasteiger partial charge in [0.1, 0.15) is 5.82 Å². The maximum Gasteiger partial charge on any atom is 0.227 e. The van der Waals surface area contributed by atoms with E-state index in [1.165, 1.54) is 0 Å². The Morgan fingerprint density at radius 2 is 2.03 bits per heavy atom. The van der Waals surface area contributed by atoms with Crippen molar-refractivity contribution in [1.29, 1.82) is 0 Å². The molecule has 3 heterocycles. The molecule has 0 aliphatic carbocycles. The van der Waals surface area contributed by atoms with E-state index < -0.39 is 0 Å². The molecular weight excluding hydrogens is 386 g/mol. The van der Waals surface area contributed by atoms with Gasteiger partial charge in [-0.2, -0.15) is 5.10 Å². The highest BCUT2D eigenvalue weighted by atomic mass is 32.1. The number of aromatic amines is 1. The van der Waals surface area contributed by atoms with Crippen LogP contribution in [0, 0.1) is 10.7 Å². The molecule has 2 N–H and O–H groups in total. The number of amides is 2. The van der Waals surface area contributed by atoms with Crippen LogP contribution in [0.1, 0.15) is 49.9 Å². The number of piperidine rings is 1. The zero-order valence-corrected chi connectivity index (χ0v) is 17.5. The Morgan fingerprint density at radius 1 is 1.28 bits per heavy atom. The lowest BCUT2D eigenvalue weighted by Gasteiger charge is -2.32. The van der Waals surface area contributed by atoms with Crippen molar-refractivity contribution in [1.82, 2.24) is 19.7 Å². The van der Waals surface area contributed by atoms with Crippen LogP contribution in [0.25, 0.3) is 0 Å². The van der Waals surface area contributed by atoms with E-state index >= 15 is 0 Å². The summed E-state index contributed by atoms with van der Waals surface area (Å²) in [5, 5.41) is 10.3. The molecule has 0 bridgehead atoms. The molecule has 0 spiro atoms. The monoisotopic (exact) mass is 413 g/mol. The molecule has 29 heavy (non-hydrogen) atoms. The van der Waals surface area contributed by atoms with E-state index in [1.54, 1.807) is 0 Å². The molecule has 4 rings (SSSR count). The zero-order valence-electron chi connectivity index (χ0n) is 16.7. The van der Waals surface area contributed by atoms with Gasteiger partial charge < -0.3 is 14.8 Å². The van der Waals surface area contributed by atoms with E-state index in [-0.39, 0.29) is 17.7 Å². The standard InChI is InChI=1S/C21H27N5O2S/c1-2-26-19(23-24-21(26)29)14-9-11-25(12-10-14)18(27)8-7-16-13-15-5-3-4-6-17(15)22-20(16)28/h3-6,14,16H,2,7-13H2,1H3,(H,22,28)(H,24,29). The van der Waals surface area contributed by atoms with Gasteiger partial charge in [-0.25, -0.2) is 0 Å². The van der Waals surface area contributed by atoms with Crippen LogP contribution in [-0.2, 0) is 22.6 Å². The van der Waals surface area contributed by atoms with Crippen LogP contribution < -0.4 is 5.32 Å². The molecule has 1 saturated heterocycles. The van der Waals surface area contributed by atoms with E-state index in [2.05, 4.69) is 22.4 Å². The number of rotatable bonds is 5. The predicted molar refractivity (Wildman–Crippen MR) is 113 cm³/mol. The minimum atomic E-state index is -0.135. The zero-order chi connectivity index (χ0) is 20.4. The number of aromatic nitrogens is 3. The number of nitrogens with zero attached hydrogens (tertiary/aromatic N) is 3. The maximum absolute atomic E-state index is 12.7. The molecule has 1 aromatic heterocycles. The fourth-order valence-corrected chi connectivity index (χ4v) is 4.70. The lowest BCUT2D eigenvalue weighted by molar-refractivity contribution is -0.132. The predicted octanol–water partition coefficient (Wildman–Crippen LogP) is 3.26. The first-order valence-electron chi connectivity index (χ1n) is 10.4. The van der Waals surface area contributed by atoms with Crippen molar-refractivity contribution in [3.05, 3.63) is 40.4 Å². The number of hydrogen-bond acceptors (Lipinski definition) is 4. The van der Waals surface area contributed by atoms with Crippen molar-refractivity contribution < 1.29 is 9.59 Å². The van der Waals surface area contributed by atoms with Gasteiger partial charge in [-0.15, -0.1) is 0 Å². The number of H-pyrrole nitrogens is 1. The van der Waals surface area contributed by atoms with Crippen molar-refractivity contribution in [3.63, 3.8) is 0 Å². The summed E-state index contributed by atoms with van der Waals surface area (Å²) < 4.78 is 2.70. The van der Waals surface area contributed by atoms with Gasteiger partial charge in [-0.3, -0.25) is 14.7 Å². The van der Waals surface area contributed by atoms with Gasteiger partial charge in [0.05, 0.1) is 0 Å². The average Bonchev–Trinajstić information content (AvgIpc) is 3.12. The van der Waals surface area contributed by atoms with E-state index in [1.807, 2.05) is 33.7 Å². The summed E-state index contributed by atoms with van der Waals surface area (Å²) in [7, 11) is 0. The number of nitrogens with one attached hydrogen (secondary N) is 2. The number of carbonyl (C=O) groups is 2. The highest BCUT2D eigenvalue weighted by Gasteiger charge is 2.29. The van der Waals surface area contributed by atoms with Crippen LogP contribution in [0.5, 0.6) is 0 Å². The van der Waals surface area contributed by atoms with Gasteiger partial charge in [0.2, 0.25) is 11.8 Å². The van der Waals surface area contributed by atoms with Crippen molar-refractivity contribution in [3.8, 4) is 0 Å². The number of hydrogen-bond donors (Lipinski definition) is 2. The van der Waals surface area contributed by atoms with Crippen LogP contribution in [-0.4, -0.2) is 44.6 Å². The molecule has 1 fully saturated rings. The van der Waals surface area contributed by atoms with Gasteiger partial charge in [0.15, 0.2) is 4.77 Å². The van der Waals surface area contributed by atoms with Crippen molar-refractivity contribution in [2.24, 2.45) is 5.92 Å². The van der Waals surface area contributed by atoms with Gasteiger partial charge in [0, 0.05) is 43.6 Å². The van der Waals surface area contributed by atoms with Crippen LogP contribution >= 0.6 is 12.2 Å². The number of fused-ring (bicyclic) bond motifs is 1. The average molecular weight is 414 g/mol. The van der Waals surface area contributed by atoms with Gasteiger partial charge >= 0.3 is 0 Å². The lowest BCUT2D eigenvalue weighted by Crippen LogP contribution is -2.39. The third kappa shape index (κ3) is 4.12. The van der Waals surface area contributed by atoms with Crippen molar-refractivity contribution in [2.75, 3.05) is 18.4 Å². The Hall–Kier alpha value is -2.48. The number of anilines is 1. The van der Waals surface area contributed by atoms with E-state index in [9.17, 15) is 9.59 Å². The van der Waals surface area contributed by atoms with E-state index in [0.29, 0.717) is 30.0 Å². The first kappa shape index (κ1) is 19.8. The molecule has 2 amide bonds. The van der Waals surface area contributed by atoms with Crippen LogP contribution in [0.15, 0.2) is 24.3 Å². The lowest BCUT2D eigenvalue weighted by atomic mass is 9.89. The first-order valence-corrected chi connectivity index (χ1v) is 10.8. The van der Waals surface area contributed by atoms with E-state index in [0.717, 1.165) is 49.6 Å². The number of carbonyl (C=O) groups excluding carboxylic acids is 2. The molecule has 0 saturated carbocycles. The highest BCUT2D eigenvalue weighted by molar-refractivity contribution is 7.71. The van der Waals surface area contributed by atoms with Gasteiger partial charge in [-0.1, -0.05) is 18.2 Å². The molecular formula is C21H27N5O2S. The molecule has 1 aromatic carbocycles. The first-order chi connectivity index (χ1) is 14.1. The Morgan fingerprint density at radius 3 is 2.79 bits per heavy atom. The summed E-state index contributed by atoms with van der Waals surface area (Å²) >= 11 is 5.28. The molecule has 154 valence electrons. The van der Waals surface area contributed by atoms with Crippen LogP contribution in [0.4, 0.5) is 5.69 Å². The second-order valence-corrected chi connectivity index (χ2v) is 8.26. The van der Waals surface area contributed by atoms with Crippen molar-refractivity contribution in [2.45, 2.75) is 51.5 Å². The molecule has 0 radical (unpaired) electrons. The molecule has 2 aliphatic rings. The number of para-hydroxylation sites is 1. The normalized spacial score (nSPS) is 19.7. The summed E-state index contributed by atoms with van der Waals surface area (Å²) in [6, 6.07) is 7.88. The molecule has 1 atom stereocenters. The topological polar surface area (TPSA) is 83.0 Å². The van der Waals surface area contributed by atoms with Gasteiger partial charge in [-0.05, 0) is 56.5 Å². The largest absolute Gasteiger partial charge is 0.343 e. The number of benzene rings is 1. The fourth-order valence-electron chi connectivity index (χ4n) is 4.44. The Kier molecular flexibility index (Phi) is 5.80. The second kappa shape index (κ2) is 8.49. The molecule has 2 aromatic rings. The highest BCUT2D eigenvalue weighted by Crippen LogP contribution is 2.29. The molecule has 1 unspecified atom stereocenters. The third-order valence-electron chi connectivity index (χ3n) is 6.14. The van der Waals surface area contributed by atoms with Crippen LogP contribution in [0.3, 0.4) is 0 Å². The molecule has 7 nitrogen and oxygen atoms in total.